The summed E-state index contributed by atoms with van der Waals surface area (Å²) in [7, 11) is 3.17. The van der Waals surface area contributed by atoms with Crippen LogP contribution in [-0.4, -0.2) is 32.8 Å². The lowest BCUT2D eigenvalue weighted by Crippen LogP contribution is -2.37. The Labute approximate surface area is 153 Å². The molecule has 2 rings (SSSR count). The van der Waals surface area contributed by atoms with E-state index in [4.69, 9.17) is 19.5 Å². The fraction of sp³-hybridized carbons (Fsp3) is 0.300. The number of ether oxygens (including phenoxy) is 3. The zero-order valence-electron chi connectivity index (χ0n) is 15.1. The molecule has 0 aromatic heterocycles. The van der Waals surface area contributed by atoms with Gasteiger partial charge in [0.2, 0.25) is 0 Å². The minimum absolute atomic E-state index is 0.238. The van der Waals surface area contributed by atoms with E-state index in [-0.39, 0.29) is 5.91 Å². The van der Waals surface area contributed by atoms with Crippen molar-refractivity contribution in [1.29, 1.82) is 5.26 Å². The topological polar surface area (TPSA) is 80.6 Å². The molecule has 0 aliphatic heterocycles. The molecule has 0 radical (unpaired) electrons. The number of para-hydroxylation sites is 1. The average molecular weight is 354 g/mol. The minimum Gasteiger partial charge on any atom is -0.493 e. The molecular formula is C20H22N2O4. The first-order chi connectivity index (χ1) is 12.6. The van der Waals surface area contributed by atoms with Crippen LogP contribution in [-0.2, 0) is 11.2 Å². The highest BCUT2D eigenvalue weighted by molar-refractivity contribution is 5.80. The molecule has 1 N–H and O–H groups in total. The number of benzene rings is 2. The van der Waals surface area contributed by atoms with Crippen LogP contribution in [0.5, 0.6) is 17.2 Å². The van der Waals surface area contributed by atoms with Crippen molar-refractivity contribution in [2.24, 2.45) is 0 Å². The summed E-state index contributed by atoms with van der Waals surface area (Å²) in [6.07, 6.45) is -0.0527. The summed E-state index contributed by atoms with van der Waals surface area (Å²) in [6.45, 7) is 2.11. The molecule has 0 bridgehead atoms. The predicted molar refractivity (Wildman–Crippen MR) is 97.5 cm³/mol. The molecular weight excluding hydrogens is 332 g/mol. The van der Waals surface area contributed by atoms with Gasteiger partial charge in [-0.05, 0) is 43.2 Å². The van der Waals surface area contributed by atoms with Crippen LogP contribution in [0.25, 0.3) is 0 Å². The van der Waals surface area contributed by atoms with Gasteiger partial charge in [0.05, 0.1) is 19.8 Å². The van der Waals surface area contributed by atoms with E-state index < -0.39 is 6.10 Å². The molecule has 0 saturated carbocycles. The molecule has 1 unspecified atom stereocenters. The molecule has 0 aliphatic carbocycles. The highest BCUT2D eigenvalue weighted by Crippen LogP contribution is 2.27. The molecule has 6 heteroatoms. The van der Waals surface area contributed by atoms with Gasteiger partial charge in [-0.15, -0.1) is 0 Å². The highest BCUT2D eigenvalue weighted by Gasteiger charge is 2.16. The second-order valence-corrected chi connectivity index (χ2v) is 5.60. The Morgan fingerprint density at radius 1 is 1.12 bits per heavy atom. The van der Waals surface area contributed by atoms with E-state index in [9.17, 15) is 4.79 Å². The van der Waals surface area contributed by atoms with Gasteiger partial charge in [0.1, 0.15) is 11.8 Å². The number of nitrogens with one attached hydrogen (secondary N) is 1. The quantitative estimate of drug-likeness (QED) is 0.788. The van der Waals surface area contributed by atoms with E-state index >= 15 is 0 Å². The number of hydrogen-bond acceptors (Lipinski definition) is 5. The number of nitrogens with zero attached hydrogens (tertiary/aromatic N) is 1. The van der Waals surface area contributed by atoms with E-state index in [1.807, 2.05) is 24.3 Å². The van der Waals surface area contributed by atoms with Crippen LogP contribution in [0.2, 0.25) is 0 Å². The van der Waals surface area contributed by atoms with Crippen LogP contribution in [0.3, 0.4) is 0 Å². The Bertz CT molecular complexity index is 799. The van der Waals surface area contributed by atoms with Crippen molar-refractivity contribution in [3.05, 3.63) is 53.6 Å². The number of rotatable bonds is 8. The van der Waals surface area contributed by atoms with Gasteiger partial charge in [0.15, 0.2) is 17.6 Å². The van der Waals surface area contributed by atoms with Gasteiger partial charge in [-0.3, -0.25) is 4.79 Å². The van der Waals surface area contributed by atoms with Crippen molar-refractivity contribution < 1.29 is 19.0 Å². The van der Waals surface area contributed by atoms with Crippen molar-refractivity contribution in [3.63, 3.8) is 0 Å². The van der Waals surface area contributed by atoms with Crippen molar-refractivity contribution in [1.82, 2.24) is 5.32 Å². The molecule has 0 fully saturated rings. The second kappa shape index (κ2) is 9.33. The first-order valence-corrected chi connectivity index (χ1v) is 8.23. The summed E-state index contributed by atoms with van der Waals surface area (Å²) in [5.41, 5.74) is 1.42. The zero-order valence-corrected chi connectivity index (χ0v) is 15.1. The lowest BCUT2D eigenvalue weighted by atomic mass is 10.1. The van der Waals surface area contributed by atoms with Crippen molar-refractivity contribution in [2.45, 2.75) is 19.4 Å². The number of carbonyl (C=O) groups is 1. The van der Waals surface area contributed by atoms with Gasteiger partial charge < -0.3 is 19.5 Å². The second-order valence-electron chi connectivity index (χ2n) is 5.60. The van der Waals surface area contributed by atoms with Gasteiger partial charge in [-0.2, -0.15) is 5.26 Å². The van der Waals surface area contributed by atoms with Gasteiger partial charge in [0.25, 0.3) is 5.91 Å². The highest BCUT2D eigenvalue weighted by atomic mass is 16.5. The average Bonchev–Trinajstić information content (AvgIpc) is 2.68. The standard InChI is InChI=1S/C20H22N2O4/c1-14(26-17-7-5-4-6-16(17)13-21)20(23)22-11-10-15-8-9-18(24-2)19(12-15)25-3/h4-9,12,14H,10-11H2,1-3H3,(H,22,23). The molecule has 6 nitrogen and oxygen atoms in total. The van der Waals surface area contributed by atoms with Gasteiger partial charge in [-0.1, -0.05) is 18.2 Å². The van der Waals surface area contributed by atoms with Crippen LogP contribution in [0, 0.1) is 11.3 Å². The van der Waals surface area contributed by atoms with Gasteiger partial charge in [0, 0.05) is 6.54 Å². The Hall–Kier alpha value is -3.20. The maximum absolute atomic E-state index is 12.2. The van der Waals surface area contributed by atoms with Crippen LogP contribution in [0.1, 0.15) is 18.1 Å². The van der Waals surface area contributed by atoms with Crippen LogP contribution in [0.15, 0.2) is 42.5 Å². The lowest BCUT2D eigenvalue weighted by molar-refractivity contribution is -0.127. The normalized spacial score (nSPS) is 11.2. The molecule has 136 valence electrons. The third-order valence-electron chi connectivity index (χ3n) is 3.84. The summed E-state index contributed by atoms with van der Waals surface area (Å²) in [5, 5.41) is 11.9. The molecule has 0 heterocycles. The van der Waals surface area contributed by atoms with Gasteiger partial charge in [-0.25, -0.2) is 0 Å². The maximum atomic E-state index is 12.2. The predicted octanol–water partition coefficient (Wildman–Crippen LogP) is 2.70. The smallest absolute Gasteiger partial charge is 0.260 e. The van der Waals surface area contributed by atoms with Crippen molar-refractivity contribution >= 4 is 5.91 Å². The van der Waals surface area contributed by atoms with Crippen molar-refractivity contribution in [3.8, 4) is 23.3 Å². The lowest BCUT2D eigenvalue weighted by Gasteiger charge is -2.15. The summed E-state index contributed by atoms with van der Waals surface area (Å²) < 4.78 is 16.1. The van der Waals surface area contributed by atoms with Crippen LogP contribution in [0.4, 0.5) is 0 Å². The van der Waals surface area contributed by atoms with Crippen LogP contribution < -0.4 is 19.5 Å². The number of hydrogen-bond donors (Lipinski definition) is 1. The molecule has 0 aliphatic rings. The fourth-order valence-corrected chi connectivity index (χ4v) is 2.42. The Kier molecular flexibility index (Phi) is 6.86. The molecule has 0 spiro atoms. The first-order valence-electron chi connectivity index (χ1n) is 8.23. The van der Waals surface area contributed by atoms with Gasteiger partial charge >= 0.3 is 0 Å². The molecule has 2 aromatic rings. The third kappa shape index (κ3) is 4.90. The molecule has 2 aromatic carbocycles. The fourth-order valence-electron chi connectivity index (χ4n) is 2.42. The molecule has 1 atom stereocenters. The van der Waals surface area contributed by atoms with E-state index in [2.05, 4.69) is 5.32 Å². The Balaban J connectivity index is 1.87. The monoisotopic (exact) mass is 354 g/mol. The number of carbonyl (C=O) groups excluding carboxylic acids is 1. The summed E-state index contributed by atoms with van der Waals surface area (Å²) in [4.78, 5) is 12.2. The van der Waals surface area contributed by atoms with E-state index in [0.717, 1.165) is 5.56 Å². The van der Waals surface area contributed by atoms with Crippen LogP contribution >= 0.6 is 0 Å². The Morgan fingerprint density at radius 3 is 2.54 bits per heavy atom. The van der Waals surface area contributed by atoms with E-state index in [1.165, 1.54) is 0 Å². The first kappa shape index (κ1) is 19.1. The number of nitriles is 1. The third-order valence-corrected chi connectivity index (χ3v) is 3.84. The number of amides is 1. The minimum atomic E-state index is -0.699. The summed E-state index contributed by atoms with van der Waals surface area (Å²) in [6, 6.07) is 14.5. The van der Waals surface area contributed by atoms with E-state index in [1.54, 1.807) is 45.4 Å². The summed E-state index contributed by atoms with van der Waals surface area (Å²) in [5.74, 6) is 1.48. The molecule has 1 amide bonds. The molecule has 0 saturated heterocycles. The summed E-state index contributed by atoms with van der Waals surface area (Å²) >= 11 is 0. The maximum Gasteiger partial charge on any atom is 0.260 e. The number of methoxy groups -OCH3 is 2. The zero-order chi connectivity index (χ0) is 18.9. The van der Waals surface area contributed by atoms with Crippen molar-refractivity contribution in [2.75, 3.05) is 20.8 Å². The van der Waals surface area contributed by atoms with E-state index in [0.29, 0.717) is 35.8 Å². The Morgan fingerprint density at radius 2 is 1.85 bits per heavy atom. The largest absolute Gasteiger partial charge is 0.493 e. The SMILES string of the molecule is COc1ccc(CCNC(=O)C(C)Oc2ccccc2C#N)cc1OC. The molecule has 26 heavy (non-hydrogen) atoms.